The van der Waals surface area contributed by atoms with E-state index >= 15 is 0 Å². The molecule has 1 aromatic heterocycles. The van der Waals surface area contributed by atoms with E-state index in [-0.39, 0.29) is 17.4 Å². The molecule has 25 heavy (non-hydrogen) atoms. The van der Waals surface area contributed by atoms with Gasteiger partial charge >= 0.3 is 5.97 Å². The van der Waals surface area contributed by atoms with Crippen molar-refractivity contribution in [3.05, 3.63) is 52.3 Å². The number of hydrogen-bond acceptors (Lipinski definition) is 7. The van der Waals surface area contributed by atoms with Crippen molar-refractivity contribution in [2.75, 3.05) is 31.7 Å². The molecule has 1 aliphatic rings. The van der Waals surface area contributed by atoms with E-state index in [1.807, 2.05) is 17.2 Å². The Kier molecular flexibility index (Phi) is 4.94. The second-order valence-corrected chi connectivity index (χ2v) is 5.62. The normalized spacial score (nSPS) is 17.3. The maximum atomic E-state index is 11.9. The molecule has 0 saturated carbocycles. The lowest BCUT2D eigenvalue weighted by atomic mass is 10.1. The summed E-state index contributed by atoms with van der Waals surface area (Å²) in [6.45, 7) is 2.36. The highest BCUT2D eigenvalue weighted by Gasteiger charge is 2.26. The fourth-order valence-electron chi connectivity index (χ4n) is 2.83. The third-order valence-electron chi connectivity index (χ3n) is 4.04. The minimum Gasteiger partial charge on any atom is -0.465 e. The number of esters is 1. The fraction of sp³-hybridized carbons (Fsp3) is 0.375. The van der Waals surface area contributed by atoms with Crippen molar-refractivity contribution in [1.29, 1.82) is 0 Å². The monoisotopic (exact) mass is 346 g/mol. The highest BCUT2D eigenvalue weighted by atomic mass is 16.6. The van der Waals surface area contributed by atoms with E-state index in [2.05, 4.69) is 9.84 Å². The molecule has 9 heteroatoms. The lowest BCUT2D eigenvalue weighted by Crippen LogP contribution is -2.44. The molecular formula is C16H18N4O5. The molecule has 2 heterocycles. The standard InChI is InChI=1S/C16H18N4O5/c1-24-16(21)14-9-12(3-4-15(14)20(22)23)18-7-8-25-13(10-18)11-19-6-2-5-17-19/h2-6,9,13H,7-8,10-11H2,1H3. The van der Waals surface area contributed by atoms with Crippen LogP contribution in [0.4, 0.5) is 11.4 Å². The van der Waals surface area contributed by atoms with E-state index in [9.17, 15) is 14.9 Å². The number of anilines is 1. The number of rotatable bonds is 5. The number of morpholine rings is 1. The molecule has 1 fully saturated rings. The van der Waals surface area contributed by atoms with E-state index < -0.39 is 10.9 Å². The number of nitro benzene ring substituents is 1. The highest BCUT2D eigenvalue weighted by molar-refractivity contribution is 5.95. The summed E-state index contributed by atoms with van der Waals surface area (Å²) in [6.07, 6.45) is 3.51. The minimum atomic E-state index is -0.727. The number of aromatic nitrogens is 2. The summed E-state index contributed by atoms with van der Waals surface area (Å²) in [7, 11) is 1.20. The number of methoxy groups -OCH3 is 1. The molecule has 132 valence electrons. The Morgan fingerprint density at radius 3 is 3.04 bits per heavy atom. The van der Waals surface area contributed by atoms with Gasteiger partial charge in [0.1, 0.15) is 5.56 Å². The molecule has 1 unspecified atom stereocenters. The van der Waals surface area contributed by atoms with Gasteiger partial charge in [0.05, 0.1) is 31.3 Å². The summed E-state index contributed by atoms with van der Waals surface area (Å²) in [5.74, 6) is -0.727. The summed E-state index contributed by atoms with van der Waals surface area (Å²) in [4.78, 5) is 24.4. The van der Waals surface area contributed by atoms with Crippen LogP contribution in [0.5, 0.6) is 0 Å². The van der Waals surface area contributed by atoms with Crippen molar-refractivity contribution in [3.63, 3.8) is 0 Å². The number of carbonyl (C=O) groups excluding carboxylic acids is 1. The number of nitrogens with zero attached hydrogens (tertiary/aromatic N) is 4. The number of ether oxygens (including phenoxy) is 2. The molecular weight excluding hydrogens is 328 g/mol. The van der Waals surface area contributed by atoms with Gasteiger partial charge in [-0.2, -0.15) is 5.10 Å². The van der Waals surface area contributed by atoms with Crippen LogP contribution in [0.2, 0.25) is 0 Å². The molecule has 0 aliphatic carbocycles. The zero-order valence-corrected chi connectivity index (χ0v) is 13.7. The molecule has 1 aromatic carbocycles. The van der Waals surface area contributed by atoms with Crippen molar-refractivity contribution in [1.82, 2.24) is 9.78 Å². The summed E-state index contributed by atoms with van der Waals surface area (Å²) in [5, 5.41) is 15.3. The topological polar surface area (TPSA) is 99.7 Å². The van der Waals surface area contributed by atoms with Crippen LogP contribution in [0.1, 0.15) is 10.4 Å². The van der Waals surface area contributed by atoms with Crippen LogP contribution < -0.4 is 4.90 Å². The van der Waals surface area contributed by atoms with Gasteiger partial charge in [0.2, 0.25) is 0 Å². The summed E-state index contributed by atoms with van der Waals surface area (Å²) in [6, 6.07) is 6.32. The molecule has 9 nitrogen and oxygen atoms in total. The first-order valence-electron chi connectivity index (χ1n) is 7.79. The maximum Gasteiger partial charge on any atom is 0.344 e. The summed E-state index contributed by atoms with van der Waals surface area (Å²) >= 11 is 0. The number of carbonyl (C=O) groups is 1. The Morgan fingerprint density at radius 1 is 1.52 bits per heavy atom. The van der Waals surface area contributed by atoms with Crippen LogP contribution >= 0.6 is 0 Å². The first-order valence-corrected chi connectivity index (χ1v) is 7.79. The minimum absolute atomic E-state index is 0.0554. The van der Waals surface area contributed by atoms with E-state index in [0.717, 1.165) is 5.69 Å². The van der Waals surface area contributed by atoms with Crippen LogP contribution in [0, 0.1) is 10.1 Å². The SMILES string of the molecule is COC(=O)c1cc(N2CCOC(Cn3cccn3)C2)ccc1[N+](=O)[O-]. The van der Waals surface area contributed by atoms with Crippen LogP contribution in [-0.2, 0) is 16.0 Å². The first kappa shape index (κ1) is 16.9. The average molecular weight is 346 g/mol. The van der Waals surface area contributed by atoms with Crippen molar-refractivity contribution >= 4 is 17.3 Å². The second kappa shape index (κ2) is 7.31. The van der Waals surface area contributed by atoms with E-state index in [1.165, 1.54) is 19.2 Å². The van der Waals surface area contributed by atoms with Crippen LogP contribution in [0.15, 0.2) is 36.7 Å². The quantitative estimate of drug-likeness (QED) is 0.459. The summed E-state index contributed by atoms with van der Waals surface area (Å²) < 4.78 is 12.2. The second-order valence-electron chi connectivity index (χ2n) is 5.62. The molecule has 0 N–H and O–H groups in total. The van der Waals surface area contributed by atoms with E-state index in [1.54, 1.807) is 16.9 Å². The Morgan fingerprint density at radius 2 is 2.36 bits per heavy atom. The lowest BCUT2D eigenvalue weighted by molar-refractivity contribution is -0.385. The molecule has 0 bridgehead atoms. The molecule has 1 atom stereocenters. The van der Waals surface area contributed by atoms with Gasteiger partial charge in [-0.3, -0.25) is 14.8 Å². The molecule has 3 rings (SSSR count). The predicted octanol–water partition coefficient (Wildman–Crippen LogP) is 1.48. The van der Waals surface area contributed by atoms with Crippen molar-refractivity contribution < 1.29 is 19.2 Å². The van der Waals surface area contributed by atoms with E-state index in [0.29, 0.717) is 26.2 Å². The maximum absolute atomic E-state index is 11.9. The Balaban J connectivity index is 1.80. The molecule has 1 saturated heterocycles. The van der Waals surface area contributed by atoms with E-state index in [4.69, 9.17) is 4.74 Å². The van der Waals surface area contributed by atoms with Gasteiger partial charge in [-0.25, -0.2) is 4.79 Å². The van der Waals surface area contributed by atoms with Gasteiger partial charge in [0.25, 0.3) is 5.69 Å². The van der Waals surface area contributed by atoms with Crippen LogP contribution in [-0.4, -0.2) is 53.6 Å². The van der Waals surface area contributed by atoms with Crippen molar-refractivity contribution in [3.8, 4) is 0 Å². The van der Waals surface area contributed by atoms with Gasteiger partial charge in [0.15, 0.2) is 0 Å². The highest BCUT2D eigenvalue weighted by Crippen LogP contribution is 2.27. The Hall–Kier alpha value is -2.94. The smallest absolute Gasteiger partial charge is 0.344 e. The zero-order chi connectivity index (χ0) is 17.8. The zero-order valence-electron chi connectivity index (χ0n) is 13.7. The van der Waals surface area contributed by atoms with Gasteiger partial charge in [0, 0.05) is 37.2 Å². The number of nitro groups is 1. The third kappa shape index (κ3) is 3.77. The first-order chi connectivity index (χ1) is 12.1. The van der Waals surface area contributed by atoms with Gasteiger partial charge in [-0.05, 0) is 18.2 Å². The predicted molar refractivity (Wildman–Crippen MR) is 88.6 cm³/mol. The average Bonchev–Trinajstić information content (AvgIpc) is 3.13. The number of benzene rings is 1. The van der Waals surface area contributed by atoms with Gasteiger partial charge in [-0.1, -0.05) is 0 Å². The molecule has 0 spiro atoms. The van der Waals surface area contributed by atoms with Gasteiger partial charge in [-0.15, -0.1) is 0 Å². The molecule has 1 aliphatic heterocycles. The Labute approximate surface area is 143 Å². The van der Waals surface area contributed by atoms with Crippen LogP contribution in [0.25, 0.3) is 0 Å². The van der Waals surface area contributed by atoms with Crippen molar-refractivity contribution in [2.24, 2.45) is 0 Å². The van der Waals surface area contributed by atoms with Gasteiger partial charge < -0.3 is 14.4 Å². The van der Waals surface area contributed by atoms with Crippen LogP contribution in [0.3, 0.4) is 0 Å². The molecule has 0 radical (unpaired) electrons. The molecule has 0 amide bonds. The fourth-order valence-corrected chi connectivity index (χ4v) is 2.83. The molecule has 2 aromatic rings. The van der Waals surface area contributed by atoms with Crippen molar-refractivity contribution in [2.45, 2.75) is 12.6 Å². The summed E-state index contributed by atoms with van der Waals surface area (Å²) in [5.41, 5.74) is 0.400. The lowest BCUT2D eigenvalue weighted by Gasteiger charge is -2.34. The Bertz CT molecular complexity index is 762. The largest absolute Gasteiger partial charge is 0.465 e. The number of hydrogen-bond donors (Lipinski definition) is 0. The third-order valence-corrected chi connectivity index (χ3v) is 4.04.